The first-order chi connectivity index (χ1) is 10.6. The van der Waals surface area contributed by atoms with Gasteiger partial charge in [-0.3, -0.25) is 9.59 Å². The SMILES string of the molecule is CCCCCCOC(=O)CCC.CCCCOC(=O)CCC. The van der Waals surface area contributed by atoms with Crippen molar-refractivity contribution in [3.8, 4) is 0 Å². The first-order valence-corrected chi connectivity index (χ1v) is 8.93. The van der Waals surface area contributed by atoms with Crippen LogP contribution in [0.25, 0.3) is 0 Å². The van der Waals surface area contributed by atoms with Crippen molar-refractivity contribution in [2.45, 2.75) is 91.9 Å². The molecule has 0 rings (SSSR count). The van der Waals surface area contributed by atoms with E-state index in [1.54, 1.807) is 0 Å². The molecule has 0 aliphatic rings. The number of ether oxygens (including phenoxy) is 2. The van der Waals surface area contributed by atoms with Crippen LogP contribution >= 0.6 is 0 Å². The molecular formula is C18H36O4. The van der Waals surface area contributed by atoms with Gasteiger partial charge in [0.2, 0.25) is 0 Å². The van der Waals surface area contributed by atoms with Crippen LogP contribution in [0.1, 0.15) is 91.9 Å². The Morgan fingerprint density at radius 1 is 0.591 bits per heavy atom. The highest BCUT2D eigenvalue weighted by Crippen LogP contribution is 2.00. The molecule has 0 amide bonds. The molecule has 0 saturated carbocycles. The lowest BCUT2D eigenvalue weighted by Gasteiger charge is -2.02. The molecule has 132 valence electrons. The molecule has 0 radical (unpaired) electrons. The molecule has 0 aromatic rings. The van der Waals surface area contributed by atoms with Gasteiger partial charge >= 0.3 is 11.9 Å². The van der Waals surface area contributed by atoms with Crippen molar-refractivity contribution in [3.63, 3.8) is 0 Å². The number of esters is 2. The van der Waals surface area contributed by atoms with Crippen LogP contribution in [0.15, 0.2) is 0 Å². The Morgan fingerprint density at radius 2 is 1.05 bits per heavy atom. The molecule has 4 heteroatoms. The Hall–Kier alpha value is -1.06. The summed E-state index contributed by atoms with van der Waals surface area (Å²) in [6.45, 7) is 9.41. The van der Waals surface area contributed by atoms with Gasteiger partial charge < -0.3 is 9.47 Å². The van der Waals surface area contributed by atoms with Gasteiger partial charge in [-0.25, -0.2) is 0 Å². The zero-order valence-corrected chi connectivity index (χ0v) is 15.1. The molecule has 0 saturated heterocycles. The number of carbonyl (C=O) groups excluding carboxylic acids is 2. The fraction of sp³-hybridized carbons (Fsp3) is 0.889. The maximum atomic E-state index is 10.9. The van der Waals surface area contributed by atoms with Crippen molar-refractivity contribution < 1.29 is 19.1 Å². The maximum absolute atomic E-state index is 10.9. The highest BCUT2D eigenvalue weighted by atomic mass is 16.5. The molecule has 0 heterocycles. The van der Waals surface area contributed by atoms with Crippen LogP contribution in [0.5, 0.6) is 0 Å². The van der Waals surface area contributed by atoms with E-state index in [0.717, 1.165) is 32.1 Å². The fourth-order valence-corrected chi connectivity index (χ4v) is 1.60. The Kier molecular flexibility index (Phi) is 21.0. The van der Waals surface area contributed by atoms with Gasteiger partial charge in [-0.1, -0.05) is 53.4 Å². The summed E-state index contributed by atoms with van der Waals surface area (Å²) in [5.74, 6) is -0.107. The van der Waals surface area contributed by atoms with Crippen LogP contribution in [0.2, 0.25) is 0 Å². The van der Waals surface area contributed by atoms with Gasteiger partial charge in [-0.15, -0.1) is 0 Å². The summed E-state index contributed by atoms with van der Waals surface area (Å²) in [4.78, 5) is 21.5. The van der Waals surface area contributed by atoms with E-state index in [1.165, 1.54) is 19.3 Å². The van der Waals surface area contributed by atoms with E-state index >= 15 is 0 Å². The summed E-state index contributed by atoms with van der Waals surface area (Å²) < 4.78 is 9.87. The highest BCUT2D eigenvalue weighted by molar-refractivity contribution is 5.69. The second kappa shape index (κ2) is 19.9. The van der Waals surface area contributed by atoms with E-state index in [9.17, 15) is 9.59 Å². The first kappa shape index (κ1) is 23.2. The van der Waals surface area contributed by atoms with Gasteiger partial charge in [0.05, 0.1) is 13.2 Å². The van der Waals surface area contributed by atoms with Crippen molar-refractivity contribution in [1.82, 2.24) is 0 Å². The topological polar surface area (TPSA) is 52.6 Å². The van der Waals surface area contributed by atoms with Gasteiger partial charge in [0.1, 0.15) is 0 Å². The van der Waals surface area contributed by atoms with E-state index in [-0.39, 0.29) is 11.9 Å². The lowest BCUT2D eigenvalue weighted by atomic mass is 10.2. The summed E-state index contributed by atoms with van der Waals surface area (Å²) in [5.41, 5.74) is 0. The highest BCUT2D eigenvalue weighted by Gasteiger charge is 1.99. The molecule has 0 bridgehead atoms. The van der Waals surface area contributed by atoms with Crippen molar-refractivity contribution in [2.24, 2.45) is 0 Å². The minimum atomic E-state index is -0.0593. The second-order valence-electron chi connectivity index (χ2n) is 5.36. The molecule has 4 nitrogen and oxygen atoms in total. The molecule has 0 unspecified atom stereocenters. The third-order valence-electron chi connectivity index (χ3n) is 2.93. The quantitative estimate of drug-likeness (QED) is 0.374. The minimum absolute atomic E-state index is 0.0472. The third-order valence-corrected chi connectivity index (χ3v) is 2.93. The number of carbonyl (C=O) groups is 2. The summed E-state index contributed by atoms with van der Waals surface area (Å²) in [7, 11) is 0. The smallest absolute Gasteiger partial charge is 0.305 e. The largest absolute Gasteiger partial charge is 0.466 e. The van der Waals surface area contributed by atoms with Gasteiger partial charge in [0, 0.05) is 12.8 Å². The van der Waals surface area contributed by atoms with Crippen molar-refractivity contribution in [1.29, 1.82) is 0 Å². The Balaban J connectivity index is 0. The van der Waals surface area contributed by atoms with Gasteiger partial charge in [0.25, 0.3) is 0 Å². The number of hydrogen-bond acceptors (Lipinski definition) is 4. The van der Waals surface area contributed by atoms with E-state index in [1.807, 2.05) is 13.8 Å². The lowest BCUT2D eigenvalue weighted by molar-refractivity contribution is -0.144. The molecule has 0 atom stereocenters. The molecule has 22 heavy (non-hydrogen) atoms. The van der Waals surface area contributed by atoms with Gasteiger partial charge in [-0.05, 0) is 25.7 Å². The lowest BCUT2D eigenvalue weighted by Crippen LogP contribution is -2.04. The fourth-order valence-electron chi connectivity index (χ4n) is 1.60. The second-order valence-corrected chi connectivity index (χ2v) is 5.36. The molecular weight excluding hydrogens is 280 g/mol. The van der Waals surface area contributed by atoms with Gasteiger partial charge in [-0.2, -0.15) is 0 Å². The number of unbranched alkanes of at least 4 members (excludes halogenated alkanes) is 4. The predicted molar refractivity (Wildman–Crippen MR) is 90.8 cm³/mol. The molecule has 0 aromatic heterocycles. The number of rotatable bonds is 12. The first-order valence-electron chi connectivity index (χ1n) is 8.93. The maximum Gasteiger partial charge on any atom is 0.305 e. The zero-order valence-electron chi connectivity index (χ0n) is 15.1. The Morgan fingerprint density at radius 3 is 1.45 bits per heavy atom. The monoisotopic (exact) mass is 316 g/mol. The molecule has 0 spiro atoms. The van der Waals surface area contributed by atoms with Crippen LogP contribution in [0, 0.1) is 0 Å². The van der Waals surface area contributed by atoms with E-state index in [2.05, 4.69) is 13.8 Å². The van der Waals surface area contributed by atoms with Crippen molar-refractivity contribution in [3.05, 3.63) is 0 Å². The van der Waals surface area contributed by atoms with Crippen LogP contribution in [0.3, 0.4) is 0 Å². The summed E-state index contributed by atoms with van der Waals surface area (Å²) in [5, 5.41) is 0. The molecule has 0 N–H and O–H groups in total. The van der Waals surface area contributed by atoms with Crippen LogP contribution in [-0.4, -0.2) is 25.2 Å². The third kappa shape index (κ3) is 21.2. The number of hydrogen-bond donors (Lipinski definition) is 0. The van der Waals surface area contributed by atoms with Crippen LogP contribution in [-0.2, 0) is 19.1 Å². The summed E-state index contributed by atoms with van der Waals surface area (Å²) >= 11 is 0. The van der Waals surface area contributed by atoms with Crippen LogP contribution < -0.4 is 0 Å². The average Bonchev–Trinajstić information content (AvgIpc) is 2.48. The van der Waals surface area contributed by atoms with E-state index in [4.69, 9.17) is 9.47 Å². The molecule has 0 aromatic carbocycles. The van der Waals surface area contributed by atoms with Gasteiger partial charge in [0.15, 0.2) is 0 Å². The Labute approximate surface area is 136 Å². The van der Waals surface area contributed by atoms with Crippen molar-refractivity contribution in [2.75, 3.05) is 13.2 Å². The summed E-state index contributed by atoms with van der Waals surface area (Å²) in [6.07, 6.45) is 9.61. The molecule has 0 fully saturated rings. The van der Waals surface area contributed by atoms with E-state index < -0.39 is 0 Å². The summed E-state index contributed by atoms with van der Waals surface area (Å²) in [6, 6.07) is 0. The predicted octanol–water partition coefficient (Wildman–Crippen LogP) is 5.04. The average molecular weight is 316 g/mol. The minimum Gasteiger partial charge on any atom is -0.466 e. The van der Waals surface area contributed by atoms with E-state index in [0.29, 0.717) is 26.1 Å². The standard InChI is InChI=1S/C10H20O2.C8H16O2/c1-3-5-6-7-9-12-10(11)8-4-2;1-3-5-7-10-8(9)6-4-2/h3-9H2,1-2H3;3-7H2,1-2H3. The zero-order chi connectivity index (χ0) is 17.1. The van der Waals surface area contributed by atoms with Crippen molar-refractivity contribution >= 4 is 11.9 Å². The molecule has 0 aliphatic heterocycles. The normalized spacial score (nSPS) is 9.64. The Bertz CT molecular complexity index is 251. The molecule has 0 aliphatic carbocycles. The van der Waals surface area contributed by atoms with Crippen LogP contribution in [0.4, 0.5) is 0 Å².